The molecule has 1 aliphatic carbocycles. The van der Waals surface area contributed by atoms with Gasteiger partial charge in [0.25, 0.3) is 0 Å². The van der Waals surface area contributed by atoms with Gasteiger partial charge in [-0.05, 0) is 22.6 Å². The van der Waals surface area contributed by atoms with E-state index < -0.39 is 4.92 Å². The first-order valence-corrected chi connectivity index (χ1v) is 7.12. The first-order chi connectivity index (χ1) is 11.5. The quantitative estimate of drug-likeness (QED) is 0.484. The van der Waals surface area contributed by atoms with E-state index in [9.17, 15) is 14.9 Å². The van der Waals surface area contributed by atoms with Gasteiger partial charge >= 0.3 is 5.82 Å². The van der Waals surface area contributed by atoms with Crippen molar-refractivity contribution in [2.24, 2.45) is 7.05 Å². The Labute approximate surface area is 137 Å². The fourth-order valence-electron chi connectivity index (χ4n) is 2.73. The molecule has 0 fully saturated rings. The molecule has 0 amide bonds. The van der Waals surface area contributed by atoms with E-state index in [4.69, 9.17) is 9.47 Å². The van der Waals surface area contributed by atoms with Gasteiger partial charge in [-0.3, -0.25) is 4.79 Å². The van der Waals surface area contributed by atoms with E-state index in [2.05, 4.69) is 4.98 Å². The number of fused-ring (bicyclic) bond motifs is 1. The van der Waals surface area contributed by atoms with Gasteiger partial charge in [0.15, 0.2) is 17.3 Å². The second kappa shape index (κ2) is 5.80. The number of imidazole rings is 1. The highest BCUT2D eigenvalue weighted by atomic mass is 16.6. The van der Waals surface area contributed by atoms with Gasteiger partial charge in [-0.15, -0.1) is 0 Å². The van der Waals surface area contributed by atoms with E-state index in [1.54, 1.807) is 18.2 Å². The van der Waals surface area contributed by atoms with E-state index >= 15 is 0 Å². The molecule has 1 aliphatic rings. The third-order valence-electron chi connectivity index (χ3n) is 4.02. The first-order valence-electron chi connectivity index (χ1n) is 7.12. The van der Waals surface area contributed by atoms with E-state index in [0.717, 1.165) is 5.56 Å². The molecule has 1 aromatic heterocycles. The van der Waals surface area contributed by atoms with Gasteiger partial charge in [-0.1, -0.05) is 0 Å². The normalized spacial score (nSPS) is 14.8. The van der Waals surface area contributed by atoms with E-state index in [1.165, 1.54) is 32.0 Å². The van der Waals surface area contributed by atoms with Crippen LogP contribution in [-0.2, 0) is 13.5 Å². The topological polar surface area (TPSA) is 96.5 Å². The van der Waals surface area contributed by atoms with Crippen molar-refractivity contribution >= 4 is 17.7 Å². The van der Waals surface area contributed by atoms with Crippen molar-refractivity contribution in [3.63, 3.8) is 0 Å². The van der Waals surface area contributed by atoms with Crippen molar-refractivity contribution in [3.05, 3.63) is 51.0 Å². The average molecular weight is 329 g/mol. The molecule has 0 unspecified atom stereocenters. The molecular weight excluding hydrogens is 314 g/mol. The molecule has 0 atom stereocenters. The smallest absolute Gasteiger partial charge is 0.342 e. The number of carbonyl (C=O) groups is 1. The summed E-state index contributed by atoms with van der Waals surface area (Å²) >= 11 is 0. The molecule has 0 saturated heterocycles. The largest absolute Gasteiger partial charge is 0.493 e. The molecule has 0 aliphatic heterocycles. The molecule has 0 spiro atoms. The number of carbonyl (C=O) groups excluding carboxylic acids is 1. The Morgan fingerprint density at radius 1 is 1.29 bits per heavy atom. The lowest BCUT2D eigenvalue weighted by Crippen LogP contribution is -2.01. The van der Waals surface area contributed by atoms with Crippen LogP contribution in [0.1, 0.15) is 21.7 Å². The molecule has 8 nitrogen and oxygen atoms in total. The van der Waals surface area contributed by atoms with Crippen molar-refractivity contribution in [3.8, 4) is 11.5 Å². The molecule has 8 heteroatoms. The Hall–Kier alpha value is -3.16. The lowest BCUT2D eigenvalue weighted by Gasteiger charge is -2.08. The Kier molecular flexibility index (Phi) is 3.80. The molecular formula is C16H15N3O5. The van der Waals surface area contributed by atoms with Crippen molar-refractivity contribution < 1.29 is 19.2 Å². The first kappa shape index (κ1) is 15.7. The van der Waals surface area contributed by atoms with Gasteiger partial charge in [-0.25, -0.2) is 9.55 Å². The van der Waals surface area contributed by atoms with Gasteiger partial charge in [0, 0.05) is 23.6 Å². The number of ether oxygens (including phenoxy) is 2. The average Bonchev–Trinajstić information content (AvgIpc) is 3.07. The number of Topliss-reactive ketones (excluding diaryl/α,β-unsaturated/α-hetero) is 1. The van der Waals surface area contributed by atoms with Crippen molar-refractivity contribution in [2.75, 3.05) is 14.2 Å². The fourth-order valence-corrected chi connectivity index (χ4v) is 2.73. The van der Waals surface area contributed by atoms with Gasteiger partial charge in [0.05, 0.1) is 21.3 Å². The maximum absolute atomic E-state index is 12.6. The Morgan fingerprint density at radius 3 is 2.54 bits per heavy atom. The van der Waals surface area contributed by atoms with Gasteiger partial charge in [-0.2, -0.15) is 0 Å². The minimum Gasteiger partial charge on any atom is -0.493 e. The highest BCUT2D eigenvalue weighted by Crippen LogP contribution is 2.37. The number of hydrogen-bond acceptors (Lipinski definition) is 6. The maximum Gasteiger partial charge on any atom is 0.342 e. The lowest BCUT2D eigenvalue weighted by atomic mass is 10.1. The van der Waals surface area contributed by atoms with Crippen LogP contribution in [0, 0.1) is 10.1 Å². The summed E-state index contributed by atoms with van der Waals surface area (Å²) in [4.78, 5) is 27.0. The summed E-state index contributed by atoms with van der Waals surface area (Å²) < 4.78 is 11.8. The zero-order valence-electron chi connectivity index (χ0n) is 13.4. The Balaban J connectivity index is 2.00. The number of benzene rings is 1. The molecule has 24 heavy (non-hydrogen) atoms. The molecule has 124 valence electrons. The standard InChI is InChI=1S/C16H15N3O5/c1-18-14(17-8-15(18)19(21)22)6-10-4-9-5-12(23-2)13(24-3)7-11(9)16(10)20/h5-8H,4H2,1-3H3. The number of methoxy groups -OCH3 is 2. The molecule has 3 rings (SSSR count). The number of aromatic nitrogens is 2. The molecule has 0 bridgehead atoms. The predicted molar refractivity (Wildman–Crippen MR) is 85.4 cm³/mol. The number of allylic oxidation sites excluding steroid dienone is 1. The minimum atomic E-state index is -0.518. The summed E-state index contributed by atoms with van der Waals surface area (Å²) in [5.41, 5.74) is 1.89. The van der Waals surface area contributed by atoms with Crippen LogP contribution in [0.5, 0.6) is 11.5 Å². The molecule has 1 heterocycles. The third-order valence-corrected chi connectivity index (χ3v) is 4.02. The zero-order valence-corrected chi connectivity index (χ0v) is 13.4. The second-order valence-electron chi connectivity index (χ2n) is 5.33. The predicted octanol–water partition coefficient (Wildman–Crippen LogP) is 2.17. The SMILES string of the molecule is COc1cc2c(cc1OC)C(=O)C(=Cc1ncc([N+](=O)[O-])n1C)C2. The highest BCUT2D eigenvalue weighted by molar-refractivity contribution is 6.15. The zero-order chi connectivity index (χ0) is 17.4. The van der Waals surface area contributed by atoms with Crippen molar-refractivity contribution in [2.45, 2.75) is 6.42 Å². The van der Waals surface area contributed by atoms with Crippen LogP contribution in [0.3, 0.4) is 0 Å². The minimum absolute atomic E-state index is 0.131. The highest BCUT2D eigenvalue weighted by Gasteiger charge is 2.28. The number of rotatable bonds is 4. The third kappa shape index (κ3) is 2.41. The summed E-state index contributed by atoms with van der Waals surface area (Å²) in [6.07, 6.45) is 3.16. The second-order valence-corrected chi connectivity index (χ2v) is 5.33. The summed E-state index contributed by atoms with van der Waals surface area (Å²) in [5, 5.41) is 10.9. The van der Waals surface area contributed by atoms with Crippen LogP contribution >= 0.6 is 0 Å². The number of nitro groups is 1. The number of hydrogen-bond donors (Lipinski definition) is 0. The summed E-state index contributed by atoms with van der Waals surface area (Å²) in [7, 11) is 4.58. The van der Waals surface area contributed by atoms with E-state index in [-0.39, 0.29) is 11.6 Å². The van der Waals surface area contributed by atoms with Crippen LogP contribution in [0.4, 0.5) is 5.82 Å². The Morgan fingerprint density at radius 2 is 1.96 bits per heavy atom. The number of ketones is 1. The van der Waals surface area contributed by atoms with Crippen LogP contribution in [0.25, 0.3) is 6.08 Å². The van der Waals surface area contributed by atoms with Gasteiger partial charge in [0.1, 0.15) is 6.20 Å². The molecule has 0 N–H and O–H groups in total. The fraction of sp³-hybridized carbons (Fsp3) is 0.250. The van der Waals surface area contributed by atoms with Crippen molar-refractivity contribution in [1.82, 2.24) is 9.55 Å². The van der Waals surface area contributed by atoms with E-state index in [1.807, 2.05) is 0 Å². The van der Waals surface area contributed by atoms with Crippen LogP contribution in [0.15, 0.2) is 23.9 Å². The number of nitrogens with zero attached hydrogens (tertiary/aromatic N) is 3. The molecule has 0 saturated carbocycles. The summed E-state index contributed by atoms with van der Waals surface area (Å²) in [6, 6.07) is 3.42. The van der Waals surface area contributed by atoms with Crippen molar-refractivity contribution in [1.29, 1.82) is 0 Å². The van der Waals surface area contributed by atoms with Gasteiger partial charge in [0.2, 0.25) is 5.82 Å². The lowest BCUT2D eigenvalue weighted by molar-refractivity contribution is -0.391. The summed E-state index contributed by atoms with van der Waals surface area (Å²) in [6.45, 7) is 0. The van der Waals surface area contributed by atoms with Crippen LogP contribution < -0.4 is 9.47 Å². The molecule has 2 aromatic rings. The van der Waals surface area contributed by atoms with E-state index in [0.29, 0.717) is 34.9 Å². The van der Waals surface area contributed by atoms with Gasteiger partial charge < -0.3 is 19.6 Å². The molecule has 0 radical (unpaired) electrons. The maximum atomic E-state index is 12.6. The monoisotopic (exact) mass is 329 g/mol. The Bertz CT molecular complexity index is 882. The molecule has 1 aromatic carbocycles. The van der Waals surface area contributed by atoms with Crippen LogP contribution in [0.2, 0.25) is 0 Å². The van der Waals surface area contributed by atoms with Crippen LogP contribution in [-0.4, -0.2) is 34.5 Å². The summed E-state index contributed by atoms with van der Waals surface area (Å²) in [5.74, 6) is 1.12.